The molecule has 106 valence electrons. The molecule has 0 radical (unpaired) electrons. The Morgan fingerprint density at radius 3 is 2.37 bits per heavy atom. The van der Waals surface area contributed by atoms with E-state index in [1.165, 1.54) is 31.0 Å². The van der Waals surface area contributed by atoms with Crippen LogP contribution in [-0.4, -0.2) is 6.04 Å². The van der Waals surface area contributed by atoms with Crippen molar-refractivity contribution in [1.82, 2.24) is 5.32 Å². The fraction of sp³-hybridized carbons (Fsp3) is 0.625. The van der Waals surface area contributed by atoms with E-state index in [1.54, 1.807) is 0 Å². The highest BCUT2D eigenvalue weighted by atomic mass is 19.1. The van der Waals surface area contributed by atoms with Crippen LogP contribution in [0.1, 0.15) is 51.6 Å². The predicted molar refractivity (Wildman–Crippen MR) is 73.9 cm³/mol. The van der Waals surface area contributed by atoms with Crippen molar-refractivity contribution in [3.63, 3.8) is 0 Å². The van der Waals surface area contributed by atoms with Gasteiger partial charge >= 0.3 is 0 Å². The minimum absolute atomic E-state index is 0.160. The van der Waals surface area contributed by atoms with Gasteiger partial charge in [-0.2, -0.15) is 0 Å². The topological polar surface area (TPSA) is 12.0 Å². The van der Waals surface area contributed by atoms with E-state index in [1.807, 2.05) is 6.92 Å². The molecule has 1 N–H and O–H groups in total. The Kier molecular flexibility index (Phi) is 4.56. The van der Waals surface area contributed by atoms with E-state index in [0.29, 0.717) is 12.0 Å². The molecule has 19 heavy (non-hydrogen) atoms. The number of nitrogens with one attached hydrogen (secondary N) is 1. The summed E-state index contributed by atoms with van der Waals surface area (Å²) in [4.78, 5) is 0. The van der Waals surface area contributed by atoms with Crippen molar-refractivity contribution < 1.29 is 8.78 Å². The number of rotatable bonds is 3. The molecule has 0 heterocycles. The molecular formula is C16H23F2N. The minimum Gasteiger partial charge on any atom is -0.307 e. The first-order chi connectivity index (χ1) is 8.99. The lowest BCUT2D eigenvalue weighted by Crippen LogP contribution is -2.40. The van der Waals surface area contributed by atoms with Crippen LogP contribution >= 0.6 is 0 Å². The Balaban J connectivity index is 2.07. The molecule has 4 unspecified atom stereocenters. The van der Waals surface area contributed by atoms with Crippen LogP contribution < -0.4 is 5.32 Å². The van der Waals surface area contributed by atoms with Gasteiger partial charge in [0, 0.05) is 17.6 Å². The molecule has 1 aliphatic rings. The van der Waals surface area contributed by atoms with E-state index >= 15 is 0 Å². The third kappa shape index (κ3) is 3.33. The van der Waals surface area contributed by atoms with Crippen LogP contribution in [0.3, 0.4) is 0 Å². The van der Waals surface area contributed by atoms with E-state index in [-0.39, 0.29) is 11.6 Å². The van der Waals surface area contributed by atoms with Crippen LogP contribution in [0.15, 0.2) is 18.2 Å². The Labute approximate surface area is 114 Å². The van der Waals surface area contributed by atoms with Gasteiger partial charge in [-0.1, -0.05) is 19.9 Å². The zero-order valence-electron chi connectivity index (χ0n) is 11.9. The van der Waals surface area contributed by atoms with Gasteiger partial charge in [-0.05, 0) is 50.2 Å². The van der Waals surface area contributed by atoms with Gasteiger partial charge in [-0.15, -0.1) is 0 Å². The highest BCUT2D eigenvalue weighted by Crippen LogP contribution is 2.31. The summed E-state index contributed by atoms with van der Waals surface area (Å²) in [6, 6.07) is 4.12. The SMILES string of the molecule is CC1CCC(NC(C)c2c(F)cccc2F)C(C)C1. The van der Waals surface area contributed by atoms with Crippen LogP contribution in [0.2, 0.25) is 0 Å². The average molecular weight is 267 g/mol. The average Bonchev–Trinajstić information content (AvgIpc) is 2.32. The van der Waals surface area contributed by atoms with Crippen molar-refractivity contribution in [2.24, 2.45) is 11.8 Å². The lowest BCUT2D eigenvalue weighted by molar-refractivity contribution is 0.214. The van der Waals surface area contributed by atoms with Crippen LogP contribution in [0, 0.1) is 23.5 Å². The van der Waals surface area contributed by atoms with Crippen molar-refractivity contribution in [3.05, 3.63) is 35.4 Å². The summed E-state index contributed by atoms with van der Waals surface area (Å²) in [6.07, 6.45) is 3.46. The molecule has 0 saturated heterocycles. The van der Waals surface area contributed by atoms with Crippen molar-refractivity contribution in [2.75, 3.05) is 0 Å². The first-order valence-electron chi connectivity index (χ1n) is 7.19. The molecule has 0 amide bonds. The molecule has 1 aliphatic carbocycles. The molecule has 1 nitrogen and oxygen atoms in total. The lowest BCUT2D eigenvalue weighted by Gasteiger charge is -2.35. The third-order valence-corrected chi connectivity index (χ3v) is 4.33. The predicted octanol–water partition coefficient (Wildman–Crippen LogP) is 4.44. The van der Waals surface area contributed by atoms with Crippen LogP contribution in [0.5, 0.6) is 0 Å². The smallest absolute Gasteiger partial charge is 0.130 e. The first kappa shape index (κ1) is 14.4. The number of hydrogen-bond acceptors (Lipinski definition) is 1. The van der Waals surface area contributed by atoms with E-state index in [4.69, 9.17) is 0 Å². The van der Waals surface area contributed by atoms with Gasteiger partial charge in [0.05, 0.1) is 0 Å². The van der Waals surface area contributed by atoms with Gasteiger partial charge in [-0.3, -0.25) is 0 Å². The van der Waals surface area contributed by atoms with Crippen molar-refractivity contribution in [3.8, 4) is 0 Å². The highest BCUT2D eigenvalue weighted by molar-refractivity contribution is 5.23. The van der Waals surface area contributed by atoms with Gasteiger partial charge < -0.3 is 5.32 Å². The largest absolute Gasteiger partial charge is 0.307 e. The Morgan fingerprint density at radius 2 is 1.79 bits per heavy atom. The maximum atomic E-state index is 13.7. The van der Waals surface area contributed by atoms with E-state index < -0.39 is 11.6 Å². The fourth-order valence-corrected chi connectivity index (χ4v) is 3.24. The zero-order valence-corrected chi connectivity index (χ0v) is 11.9. The molecule has 1 aromatic rings. The molecule has 2 rings (SSSR count). The van der Waals surface area contributed by atoms with Crippen LogP contribution in [0.25, 0.3) is 0 Å². The Hall–Kier alpha value is -0.960. The van der Waals surface area contributed by atoms with Crippen LogP contribution in [-0.2, 0) is 0 Å². The summed E-state index contributed by atoms with van der Waals surface area (Å²) in [7, 11) is 0. The van der Waals surface area contributed by atoms with E-state index in [2.05, 4.69) is 19.2 Å². The Morgan fingerprint density at radius 1 is 1.16 bits per heavy atom. The first-order valence-corrected chi connectivity index (χ1v) is 7.19. The van der Waals surface area contributed by atoms with E-state index in [9.17, 15) is 8.78 Å². The quantitative estimate of drug-likeness (QED) is 0.853. The molecular weight excluding hydrogens is 244 g/mol. The van der Waals surface area contributed by atoms with E-state index in [0.717, 1.165) is 12.3 Å². The molecule has 0 aliphatic heterocycles. The number of benzene rings is 1. The van der Waals surface area contributed by atoms with Gasteiger partial charge in [0.1, 0.15) is 11.6 Å². The van der Waals surface area contributed by atoms with Crippen molar-refractivity contribution in [2.45, 2.75) is 52.1 Å². The van der Waals surface area contributed by atoms with Gasteiger partial charge in [0.25, 0.3) is 0 Å². The maximum absolute atomic E-state index is 13.7. The monoisotopic (exact) mass is 267 g/mol. The van der Waals surface area contributed by atoms with Crippen molar-refractivity contribution >= 4 is 0 Å². The molecule has 3 heteroatoms. The second-order valence-electron chi connectivity index (χ2n) is 6.03. The summed E-state index contributed by atoms with van der Waals surface area (Å²) in [6.45, 7) is 6.33. The molecule has 1 saturated carbocycles. The fourth-order valence-electron chi connectivity index (χ4n) is 3.24. The minimum atomic E-state index is -0.461. The lowest BCUT2D eigenvalue weighted by atomic mass is 9.79. The molecule has 1 aromatic carbocycles. The standard InChI is InChI=1S/C16H23F2N/c1-10-7-8-15(11(2)9-10)19-12(3)16-13(17)5-4-6-14(16)18/h4-6,10-12,15,19H,7-9H2,1-3H3. The molecule has 1 fully saturated rings. The summed E-state index contributed by atoms with van der Waals surface area (Å²) >= 11 is 0. The van der Waals surface area contributed by atoms with Crippen LogP contribution in [0.4, 0.5) is 8.78 Å². The maximum Gasteiger partial charge on any atom is 0.130 e. The Bertz CT molecular complexity index is 413. The molecule has 0 spiro atoms. The van der Waals surface area contributed by atoms with Gasteiger partial charge in [0.15, 0.2) is 0 Å². The summed E-state index contributed by atoms with van der Waals surface area (Å²) in [5.74, 6) is 0.392. The third-order valence-electron chi connectivity index (χ3n) is 4.33. The van der Waals surface area contributed by atoms with Crippen molar-refractivity contribution in [1.29, 1.82) is 0 Å². The second-order valence-corrected chi connectivity index (χ2v) is 6.03. The number of halogens is 2. The summed E-state index contributed by atoms with van der Waals surface area (Å²) < 4.78 is 27.5. The summed E-state index contributed by atoms with van der Waals surface area (Å²) in [5.41, 5.74) is 0.160. The summed E-state index contributed by atoms with van der Waals surface area (Å²) in [5, 5.41) is 3.41. The molecule has 4 atom stereocenters. The number of hydrogen-bond donors (Lipinski definition) is 1. The molecule has 0 aromatic heterocycles. The molecule has 0 bridgehead atoms. The second kappa shape index (κ2) is 6.00. The highest BCUT2D eigenvalue weighted by Gasteiger charge is 2.27. The normalized spacial score (nSPS) is 29.2. The zero-order chi connectivity index (χ0) is 14.0. The van der Waals surface area contributed by atoms with Gasteiger partial charge in [0.2, 0.25) is 0 Å². The van der Waals surface area contributed by atoms with Gasteiger partial charge in [-0.25, -0.2) is 8.78 Å².